The molecule has 0 unspecified atom stereocenters. The molecule has 0 aliphatic heterocycles. The summed E-state index contributed by atoms with van der Waals surface area (Å²) in [5, 5.41) is 0. The van der Waals surface area contributed by atoms with Crippen LogP contribution in [0, 0.1) is 10.5 Å². The smallest absolute Gasteiger partial charge is 0.0850 e. The van der Waals surface area contributed by atoms with Gasteiger partial charge in [0, 0.05) is 0 Å². The standard InChI is InChI=1S/3FH.HNO/c;;;1-2/h3*1H;1H. The Morgan fingerprint density at radius 2 is 0.800 bits per heavy atom. The Hall–Kier alpha value is -0.610. The molecule has 0 aromatic heterocycles. The van der Waals surface area contributed by atoms with E-state index in [9.17, 15) is 0 Å². The molecule has 0 spiro atoms. The molecule has 0 aromatic rings. The minimum atomic E-state index is 0. The first-order valence-electron chi connectivity index (χ1n) is 0.204. The average Bonchev–Trinajstić information content (AvgIpc) is 1.00. The van der Waals surface area contributed by atoms with Crippen molar-refractivity contribution in [3.8, 4) is 0 Å². The Morgan fingerprint density at radius 3 is 0.800 bits per heavy atom. The third kappa shape index (κ3) is 17.6. The lowest BCUT2D eigenvalue weighted by Crippen LogP contribution is -0.649. The Morgan fingerprint density at radius 1 is 0.800 bits per heavy atom. The van der Waals surface area contributed by atoms with E-state index in [1.54, 1.807) is 0 Å². The topological polar surface area (TPSA) is 40.9 Å². The maximum Gasteiger partial charge on any atom is -0.0850 e. The predicted octanol–water partition coefficient (Wildman–Crippen LogP) is 0.789. The summed E-state index contributed by atoms with van der Waals surface area (Å²) in [6.45, 7) is 0. The molecule has 0 saturated carbocycles. The number of nitrogens with one attached hydrogen (secondary N) is 1. The van der Waals surface area contributed by atoms with Gasteiger partial charge >= 0.3 is 0 Å². The van der Waals surface area contributed by atoms with Crippen molar-refractivity contribution in [2.24, 2.45) is 0 Å². The van der Waals surface area contributed by atoms with Gasteiger partial charge in [0.05, 0.1) is 0 Å². The van der Waals surface area contributed by atoms with Crippen molar-refractivity contribution in [2.75, 3.05) is 0 Å². The fourth-order valence-corrected chi connectivity index (χ4v) is 0. The van der Waals surface area contributed by atoms with Crippen molar-refractivity contribution >= 4 is 0 Å². The molecule has 1 N–H and O–H groups in total. The number of hydrogen-bond donors (Lipinski definition) is 1. The average molecular weight is 91.0 g/mol. The molecule has 5 heavy (non-hydrogen) atoms. The highest BCUT2D eigenvalue weighted by Gasteiger charge is 0.588. The van der Waals surface area contributed by atoms with E-state index in [1.165, 1.54) is 0 Å². The SMILES string of the molecule is F.F.F.N=O. The van der Waals surface area contributed by atoms with Gasteiger partial charge in [-0.1, -0.05) is 5.59 Å². The van der Waals surface area contributed by atoms with Crippen molar-refractivity contribution in [1.82, 2.24) is 0 Å². The van der Waals surface area contributed by atoms with Gasteiger partial charge < -0.3 is 0 Å². The summed E-state index contributed by atoms with van der Waals surface area (Å²) in [5.41, 5.74) is 4.50. The molecule has 5 heteroatoms. The monoisotopic (exact) mass is 91.0 g/mol. The summed E-state index contributed by atoms with van der Waals surface area (Å²) >= 11 is 0. The minimum Gasteiger partial charge on any atom is -0.269 e. The van der Waals surface area contributed by atoms with Crippen molar-refractivity contribution in [3.05, 3.63) is 4.91 Å². The van der Waals surface area contributed by atoms with Crippen LogP contribution in [0.3, 0.4) is 0 Å². The Kier molecular flexibility index (Phi) is 3450. The fraction of sp³-hybridized carbons (Fsp3) is 0. The van der Waals surface area contributed by atoms with Crippen molar-refractivity contribution in [1.29, 1.82) is 5.59 Å². The number of halogens is 3. The lowest BCUT2D eigenvalue weighted by molar-refractivity contribution is 1.11. The zero-order valence-electron chi connectivity index (χ0n) is 2.13. The van der Waals surface area contributed by atoms with Crippen LogP contribution in [-0.4, -0.2) is 0 Å². The summed E-state index contributed by atoms with van der Waals surface area (Å²) < 4.78 is 0. The molecule has 0 aromatic carbocycles. The van der Waals surface area contributed by atoms with Crippen LogP contribution in [0.1, 0.15) is 0 Å². The largest absolute Gasteiger partial charge is 0.269 e. The molecule has 36 valence electrons. The highest BCUT2D eigenvalue weighted by Crippen LogP contribution is 0.766. The lowest BCUT2D eigenvalue weighted by atomic mass is 13.8. The zero-order chi connectivity index (χ0) is 2.00. The summed E-state index contributed by atoms with van der Waals surface area (Å²) in [5.74, 6) is 0. The van der Waals surface area contributed by atoms with Crippen LogP contribution in [0.25, 0.3) is 0 Å². The van der Waals surface area contributed by atoms with Gasteiger partial charge in [0.15, 0.2) is 0 Å². The van der Waals surface area contributed by atoms with Crippen LogP contribution >= 0.6 is 0 Å². The van der Waals surface area contributed by atoms with E-state index in [1.807, 2.05) is 0 Å². The van der Waals surface area contributed by atoms with E-state index in [-0.39, 0.29) is 14.1 Å². The molecule has 0 aliphatic carbocycles. The molecule has 0 aliphatic rings. The fourth-order valence-electron chi connectivity index (χ4n) is 0. The van der Waals surface area contributed by atoms with E-state index in [2.05, 4.69) is 5.59 Å². The van der Waals surface area contributed by atoms with Gasteiger partial charge in [-0.05, 0) is 0 Å². The molecule has 0 radical (unpaired) electrons. The Balaban J connectivity index is -0.00000000167. The molecule has 0 heterocycles. The number of rotatable bonds is 0. The van der Waals surface area contributed by atoms with E-state index in [4.69, 9.17) is 4.91 Å². The highest BCUT2D eigenvalue weighted by atomic mass is 19.0. The van der Waals surface area contributed by atoms with E-state index < -0.39 is 0 Å². The second-order valence-electron chi connectivity index (χ2n) is 0. The third-order valence-electron chi connectivity index (χ3n) is 0. The maximum atomic E-state index is 7.50. The van der Waals surface area contributed by atoms with Crippen molar-refractivity contribution in [3.63, 3.8) is 0 Å². The van der Waals surface area contributed by atoms with Crippen LogP contribution in [0.5, 0.6) is 0 Å². The highest BCUT2D eigenvalue weighted by molar-refractivity contribution is 3.63. The van der Waals surface area contributed by atoms with Crippen LogP contribution in [0.15, 0.2) is 0 Å². The molecule has 0 bridgehead atoms. The molecular formula is H4F3NO. The van der Waals surface area contributed by atoms with E-state index in [0.29, 0.717) is 0 Å². The molecule has 0 atom stereocenters. The molecular weight excluding hydrogens is 87.0 g/mol. The summed E-state index contributed by atoms with van der Waals surface area (Å²) in [7, 11) is 0. The Bertz CT molecular complexity index is 6.85. The normalized spacial score (nSPS) is 0.800. The van der Waals surface area contributed by atoms with Crippen LogP contribution in [-0.2, 0) is 0 Å². The van der Waals surface area contributed by atoms with Gasteiger partial charge in [-0.25, -0.2) is 0 Å². The molecule has 0 fully saturated rings. The second-order valence-corrected chi connectivity index (χ2v) is 0. The van der Waals surface area contributed by atoms with Gasteiger partial charge in [0.25, 0.3) is 0 Å². The van der Waals surface area contributed by atoms with Crippen LogP contribution < -0.4 is 0 Å². The van der Waals surface area contributed by atoms with Crippen molar-refractivity contribution in [2.45, 2.75) is 0 Å². The minimum absolute atomic E-state index is 0. The summed E-state index contributed by atoms with van der Waals surface area (Å²) in [6, 6.07) is 0. The maximum absolute atomic E-state index is 7.50. The van der Waals surface area contributed by atoms with Gasteiger partial charge in [-0.15, -0.1) is 0 Å². The predicted molar refractivity (Wildman–Crippen MR) is 13.6 cm³/mol. The first kappa shape index (κ1) is 332. The van der Waals surface area contributed by atoms with Crippen molar-refractivity contribution < 1.29 is 14.1 Å². The molecule has 2 nitrogen and oxygen atoms in total. The second kappa shape index (κ2) is 52.0. The lowest BCUT2D eigenvalue weighted by Gasteiger charge is -0.827. The first-order chi connectivity index (χ1) is 1.00. The van der Waals surface area contributed by atoms with E-state index >= 15 is 0 Å². The van der Waals surface area contributed by atoms with Gasteiger partial charge in [0.1, 0.15) is 0 Å². The third-order valence-corrected chi connectivity index (χ3v) is 0. The summed E-state index contributed by atoms with van der Waals surface area (Å²) in [4.78, 5) is 7.50. The zero-order valence-corrected chi connectivity index (χ0v) is 2.13. The summed E-state index contributed by atoms with van der Waals surface area (Å²) in [6.07, 6.45) is 0. The first-order valence-corrected chi connectivity index (χ1v) is 0.204. The quantitative estimate of drug-likeness (QED) is 0.440. The molecule has 0 amide bonds. The van der Waals surface area contributed by atoms with Gasteiger partial charge in [-0.3, -0.25) is 14.1 Å². The van der Waals surface area contributed by atoms with E-state index in [0.717, 1.165) is 0 Å². The van der Waals surface area contributed by atoms with Crippen LogP contribution in [0.4, 0.5) is 14.1 Å². The number of hydrogen-bond acceptors (Lipinski definition) is 2. The van der Waals surface area contributed by atoms with Gasteiger partial charge in [-0.2, -0.15) is 4.91 Å². The Labute approximate surface area is 26.0 Å². The number of nitroso groups, excluding NO2 is 1. The molecule has 0 saturated heterocycles. The van der Waals surface area contributed by atoms with Gasteiger partial charge in [0.2, 0.25) is 0 Å². The van der Waals surface area contributed by atoms with Crippen LogP contribution in [0.2, 0.25) is 0 Å². The molecule has 0 rings (SSSR count).